The second-order valence-corrected chi connectivity index (χ2v) is 8.08. The molecule has 3 rings (SSSR count). The van der Waals surface area contributed by atoms with Crippen LogP contribution in [0.5, 0.6) is 0 Å². The van der Waals surface area contributed by atoms with Crippen LogP contribution in [0.3, 0.4) is 0 Å². The lowest BCUT2D eigenvalue weighted by molar-refractivity contribution is 0.598. The molecule has 7 nitrogen and oxygen atoms in total. The Hall–Kier alpha value is -2.03. The minimum atomic E-state index is -3.77. The third kappa shape index (κ3) is 3.72. The lowest BCUT2D eigenvalue weighted by atomic mass is 10.2. The van der Waals surface area contributed by atoms with Crippen molar-refractivity contribution in [3.63, 3.8) is 0 Å². The fourth-order valence-corrected chi connectivity index (χ4v) is 4.25. The van der Waals surface area contributed by atoms with Gasteiger partial charge in [-0.2, -0.15) is 10.2 Å². The largest absolute Gasteiger partial charge is 0.269 e. The minimum Gasteiger partial charge on any atom is -0.269 e. The van der Waals surface area contributed by atoms with Crippen molar-refractivity contribution >= 4 is 39.0 Å². The number of hydrogen-bond acceptors (Lipinski definition) is 4. The van der Waals surface area contributed by atoms with Crippen LogP contribution >= 0.6 is 23.2 Å². The molecule has 3 aromatic rings. The van der Waals surface area contributed by atoms with E-state index in [1.54, 1.807) is 46.7 Å². The molecule has 0 saturated heterocycles. The van der Waals surface area contributed by atoms with Gasteiger partial charge in [0.25, 0.3) is 10.0 Å². The summed E-state index contributed by atoms with van der Waals surface area (Å²) in [5, 5.41) is 9.35. The molecule has 0 fully saturated rings. The van der Waals surface area contributed by atoms with Crippen LogP contribution in [0, 0.1) is 6.92 Å². The number of nitrogens with zero attached hydrogens (tertiary/aromatic N) is 4. The number of benzene rings is 1. The predicted molar refractivity (Wildman–Crippen MR) is 101 cm³/mol. The lowest BCUT2D eigenvalue weighted by Crippen LogP contribution is -2.15. The lowest BCUT2D eigenvalue weighted by Gasteiger charge is -2.07. The van der Waals surface area contributed by atoms with Crippen molar-refractivity contribution < 1.29 is 8.42 Å². The molecular weight excluding hydrogens is 397 g/mol. The maximum absolute atomic E-state index is 12.6. The number of rotatable bonds is 6. The molecule has 0 unspecified atom stereocenters. The van der Waals surface area contributed by atoms with E-state index in [-0.39, 0.29) is 10.7 Å². The van der Waals surface area contributed by atoms with Gasteiger partial charge in [-0.15, -0.1) is 0 Å². The van der Waals surface area contributed by atoms with Crippen molar-refractivity contribution in [2.75, 3.05) is 4.72 Å². The first-order chi connectivity index (χ1) is 12.3. The summed E-state index contributed by atoms with van der Waals surface area (Å²) in [4.78, 5) is 0.128. The molecule has 1 aromatic carbocycles. The molecule has 0 bridgehead atoms. The quantitative estimate of drug-likeness (QED) is 0.669. The molecule has 0 radical (unpaired) electrons. The molecule has 0 aliphatic heterocycles. The van der Waals surface area contributed by atoms with Crippen molar-refractivity contribution in [3.05, 3.63) is 58.0 Å². The van der Waals surface area contributed by atoms with E-state index in [2.05, 4.69) is 14.9 Å². The SMILES string of the molecule is CCn1ncc(S(=O)(=O)Nc2ccn(Cc3c(Cl)cccc3Cl)n2)c1C. The molecule has 0 aliphatic carbocycles. The van der Waals surface area contributed by atoms with Crippen LogP contribution in [-0.4, -0.2) is 28.0 Å². The molecule has 0 atom stereocenters. The maximum atomic E-state index is 12.6. The van der Waals surface area contributed by atoms with Crippen molar-refractivity contribution in [2.45, 2.75) is 31.8 Å². The van der Waals surface area contributed by atoms with E-state index < -0.39 is 10.0 Å². The normalized spacial score (nSPS) is 11.7. The molecule has 2 heterocycles. The van der Waals surface area contributed by atoms with E-state index in [0.29, 0.717) is 34.4 Å². The van der Waals surface area contributed by atoms with Crippen LogP contribution in [0.25, 0.3) is 0 Å². The van der Waals surface area contributed by atoms with Gasteiger partial charge in [-0.25, -0.2) is 8.42 Å². The Morgan fingerprint density at radius 1 is 1.19 bits per heavy atom. The van der Waals surface area contributed by atoms with Crippen LogP contribution in [0.4, 0.5) is 5.82 Å². The molecule has 0 aliphatic rings. The van der Waals surface area contributed by atoms with Gasteiger partial charge < -0.3 is 0 Å². The van der Waals surface area contributed by atoms with Crippen molar-refractivity contribution in [1.29, 1.82) is 0 Å². The summed E-state index contributed by atoms with van der Waals surface area (Å²) in [7, 11) is -3.77. The summed E-state index contributed by atoms with van der Waals surface area (Å²) in [5.41, 5.74) is 1.29. The zero-order valence-corrected chi connectivity index (χ0v) is 16.5. The Morgan fingerprint density at radius 2 is 1.88 bits per heavy atom. The van der Waals surface area contributed by atoms with Gasteiger partial charge in [0.15, 0.2) is 5.82 Å². The summed E-state index contributed by atoms with van der Waals surface area (Å²) in [6, 6.07) is 6.81. The molecule has 0 saturated carbocycles. The molecule has 1 N–H and O–H groups in total. The highest BCUT2D eigenvalue weighted by Crippen LogP contribution is 2.25. The molecule has 138 valence electrons. The summed E-state index contributed by atoms with van der Waals surface area (Å²) < 4.78 is 30.8. The van der Waals surface area contributed by atoms with Gasteiger partial charge >= 0.3 is 0 Å². The average molecular weight is 414 g/mol. The topological polar surface area (TPSA) is 81.8 Å². The van der Waals surface area contributed by atoms with Crippen LogP contribution in [-0.2, 0) is 23.1 Å². The number of nitrogens with one attached hydrogen (secondary N) is 1. The Bertz CT molecular complexity index is 1020. The van der Waals surface area contributed by atoms with E-state index in [1.165, 1.54) is 6.20 Å². The van der Waals surface area contributed by atoms with Gasteiger partial charge in [0, 0.05) is 34.4 Å². The third-order valence-electron chi connectivity index (χ3n) is 3.91. The molecule has 0 spiro atoms. The molecule has 10 heteroatoms. The monoisotopic (exact) mass is 413 g/mol. The van der Waals surface area contributed by atoms with Crippen LogP contribution < -0.4 is 4.72 Å². The van der Waals surface area contributed by atoms with Gasteiger partial charge in [0.1, 0.15) is 4.90 Å². The molecule has 2 aromatic heterocycles. The van der Waals surface area contributed by atoms with Crippen LogP contribution in [0.2, 0.25) is 10.0 Å². The smallest absolute Gasteiger partial charge is 0.266 e. The number of aryl methyl sites for hydroxylation is 1. The Balaban J connectivity index is 1.81. The second-order valence-electron chi connectivity index (χ2n) is 5.61. The zero-order chi connectivity index (χ0) is 18.9. The fourth-order valence-electron chi connectivity index (χ4n) is 2.55. The number of sulfonamides is 1. The molecule has 0 amide bonds. The van der Waals surface area contributed by atoms with Gasteiger partial charge in [-0.3, -0.25) is 14.1 Å². The number of anilines is 1. The number of hydrogen-bond donors (Lipinski definition) is 1. The summed E-state index contributed by atoms with van der Waals surface area (Å²) in [6.45, 7) is 4.52. The Kier molecular flexibility index (Phi) is 5.27. The van der Waals surface area contributed by atoms with Gasteiger partial charge in [-0.05, 0) is 26.0 Å². The van der Waals surface area contributed by atoms with Crippen molar-refractivity contribution in [2.24, 2.45) is 0 Å². The van der Waals surface area contributed by atoms with E-state index in [0.717, 1.165) is 0 Å². The zero-order valence-electron chi connectivity index (χ0n) is 14.1. The highest BCUT2D eigenvalue weighted by Gasteiger charge is 2.21. The Labute approximate surface area is 161 Å². The first-order valence-corrected chi connectivity index (χ1v) is 10.1. The highest BCUT2D eigenvalue weighted by molar-refractivity contribution is 7.92. The van der Waals surface area contributed by atoms with E-state index >= 15 is 0 Å². The minimum absolute atomic E-state index is 0.128. The first kappa shape index (κ1) is 18.8. The predicted octanol–water partition coefficient (Wildman–Crippen LogP) is 3.56. The van der Waals surface area contributed by atoms with Crippen LogP contribution in [0.1, 0.15) is 18.2 Å². The molecular formula is C16H17Cl2N5O2S. The molecule has 26 heavy (non-hydrogen) atoms. The van der Waals surface area contributed by atoms with Crippen molar-refractivity contribution in [1.82, 2.24) is 19.6 Å². The van der Waals surface area contributed by atoms with Crippen molar-refractivity contribution in [3.8, 4) is 0 Å². The summed E-state index contributed by atoms with van der Waals surface area (Å²) >= 11 is 12.3. The highest BCUT2D eigenvalue weighted by atomic mass is 35.5. The fraction of sp³-hybridized carbons (Fsp3) is 0.250. The van der Waals surface area contributed by atoms with E-state index in [4.69, 9.17) is 23.2 Å². The van der Waals surface area contributed by atoms with E-state index in [9.17, 15) is 8.42 Å². The standard InChI is InChI=1S/C16H17Cl2N5O2S/c1-3-23-11(2)15(9-19-23)26(24,25)21-16-7-8-22(20-16)10-12-13(17)5-4-6-14(12)18/h4-9H,3,10H2,1-2H3,(H,20,21). The summed E-state index contributed by atoms with van der Waals surface area (Å²) in [6.07, 6.45) is 2.99. The van der Waals surface area contributed by atoms with Crippen LogP contribution in [0.15, 0.2) is 41.6 Å². The number of halogens is 2. The van der Waals surface area contributed by atoms with Gasteiger partial charge in [-0.1, -0.05) is 29.3 Å². The Morgan fingerprint density at radius 3 is 2.50 bits per heavy atom. The second kappa shape index (κ2) is 7.30. The van der Waals surface area contributed by atoms with Gasteiger partial charge in [0.05, 0.1) is 18.4 Å². The average Bonchev–Trinajstić information content (AvgIpc) is 3.17. The first-order valence-electron chi connectivity index (χ1n) is 7.83. The number of aromatic nitrogens is 4. The van der Waals surface area contributed by atoms with Gasteiger partial charge in [0.2, 0.25) is 0 Å². The third-order valence-corrected chi connectivity index (χ3v) is 6.07. The van der Waals surface area contributed by atoms with E-state index in [1.807, 2.05) is 6.92 Å². The summed E-state index contributed by atoms with van der Waals surface area (Å²) in [5.74, 6) is 0.205. The maximum Gasteiger partial charge on any atom is 0.266 e.